The van der Waals surface area contributed by atoms with Crippen LogP contribution >= 0.6 is 0 Å². The second-order valence-corrected chi connectivity index (χ2v) is 5.50. The summed E-state index contributed by atoms with van der Waals surface area (Å²) < 4.78 is 31.8. The average Bonchev–Trinajstić information content (AvgIpc) is 2.25. The standard InChI is InChI=1S/C14H16F2O2/c15-11-3-2-10(6-12(11)16)14(8-18-9-14)13(7-17)4-1-5-13/h2-3,6,17H,1,4-5,7-9H2. The summed E-state index contributed by atoms with van der Waals surface area (Å²) in [7, 11) is 0. The van der Waals surface area contributed by atoms with Gasteiger partial charge in [-0.25, -0.2) is 8.78 Å². The molecule has 1 heterocycles. The minimum Gasteiger partial charge on any atom is -0.396 e. The Hall–Kier alpha value is -1.00. The Bertz CT molecular complexity index is 459. The number of halogens is 2. The van der Waals surface area contributed by atoms with Gasteiger partial charge in [0.25, 0.3) is 0 Å². The predicted octanol–water partition coefficient (Wildman–Crippen LogP) is 2.40. The van der Waals surface area contributed by atoms with Crippen LogP contribution in [-0.4, -0.2) is 24.9 Å². The summed E-state index contributed by atoms with van der Waals surface area (Å²) in [6, 6.07) is 4.04. The van der Waals surface area contributed by atoms with Gasteiger partial charge in [-0.3, -0.25) is 0 Å². The molecule has 1 aliphatic heterocycles. The first-order valence-corrected chi connectivity index (χ1v) is 6.28. The molecule has 98 valence electrons. The molecule has 3 rings (SSSR count). The lowest BCUT2D eigenvalue weighted by Gasteiger charge is -2.59. The molecular formula is C14H16F2O2. The van der Waals surface area contributed by atoms with E-state index in [0.717, 1.165) is 30.9 Å². The van der Waals surface area contributed by atoms with Crippen LogP contribution in [0, 0.1) is 17.0 Å². The third-order valence-electron chi connectivity index (χ3n) is 4.80. The number of hydrogen-bond donors (Lipinski definition) is 1. The van der Waals surface area contributed by atoms with Gasteiger partial charge in [0.05, 0.1) is 13.2 Å². The van der Waals surface area contributed by atoms with E-state index in [1.54, 1.807) is 6.07 Å². The van der Waals surface area contributed by atoms with Crippen molar-refractivity contribution in [3.05, 3.63) is 35.4 Å². The number of ether oxygens (including phenoxy) is 1. The maximum Gasteiger partial charge on any atom is 0.159 e. The first-order chi connectivity index (χ1) is 8.63. The zero-order chi connectivity index (χ0) is 12.8. The van der Waals surface area contributed by atoms with Crippen molar-refractivity contribution in [2.24, 2.45) is 5.41 Å². The predicted molar refractivity (Wildman–Crippen MR) is 62.2 cm³/mol. The van der Waals surface area contributed by atoms with E-state index >= 15 is 0 Å². The van der Waals surface area contributed by atoms with E-state index in [-0.39, 0.29) is 17.4 Å². The average molecular weight is 254 g/mol. The van der Waals surface area contributed by atoms with Crippen molar-refractivity contribution in [3.63, 3.8) is 0 Å². The van der Waals surface area contributed by atoms with Crippen molar-refractivity contribution in [3.8, 4) is 0 Å². The minimum absolute atomic E-state index is 0.0787. The molecule has 0 amide bonds. The van der Waals surface area contributed by atoms with Gasteiger partial charge >= 0.3 is 0 Å². The van der Waals surface area contributed by atoms with Crippen LogP contribution in [0.3, 0.4) is 0 Å². The van der Waals surface area contributed by atoms with Crippen LogP contribution in [0.2, 0.25) is 0 Å². The van der Waals surface area contributed by atoms with Crippen LogP contribution in [-0.2, 0) is 10.2 Å². The van der Waals surface area contributed by atoms with E-state index in [1.165, 1.54) is 6.07 Å². The number of rotatable bonds is 3. The number of hydrogen-bond acceptors (Lipinski definition) is 2. The molecule has 0 unspecified atom stereocenters. The highest BCUT2D eigenvalue weighted by Crippen LogP contribution is 2.58. The first kappa shape index (κ1) is 12.1. The first-order valence-electron chi connectivity index (χ1n) is 6.28. The number of benzene rings is 1. The van der Waals surface area contributed by atoms with Crippen molar-refractivity contribution in [2.45, 2.75) is 24.7 Å². The summed E-state index contributed by atoms with van der Waals surface area (Å²) in [5.41, 5.74) is 0.200. The lowest BCUT2D eigenvalue weighted by Crippen LogP contribution is -2.63. The monoisotopic (exact) mass is 254 g/mol. The maximum atomic E-state index is 13.4. The van der Waals surface area contributed by atoms with Gasteiger partial charge in [-0.05, 0) is 30.5 Å². The molecule has 0 spiro atoms. The smallest absolute Gasteiger partial charge is 0.159 e. The highest BCUT2D eigenvalue weighted by Gasteiger charge is 2.59. The van der Waals surface area contributed by atoms with Gasteiger partial charge in [0.15, 0.2) is 11.6 Å². The van der Waals surface area contributed by atoms with E-state index in [4.69, 9.17) is 4.74 Å². The van der Waals surface area contributed by atoms with Crippen LogP contribution < -0.4 is 0 Å². The summed E-state index contributed by atoms with van der Waals surface area (Å²) in [4.78, 5) is 0. The quantitative estimate of drug-likeness (QED) is 0.897. The van der Waals surface area contributed by atoms with Gasteiger partial charge < -0.3 is 9.84 Å². The second-order valence-electron chi connectivity index (χ2n) is 5.50. The van der Waals surface area contributed by atoms with Crippen molar-refractivity contribution < 1.29 is 18.6 Å². The molecule has 1 saturated carbocycles. The normalized spacial score (nSPS) is 24.2. The van der Waals surface area contributed by atoms with Gasteiger partial charge in [0.1, 0.15) is 0 Å². The number of aliphatic hydroxyl groups is 1. The molecule has 2 aliphatic rings. The van der Waals surface area contributed by atoms with E-state index in [2.05, 4.69) is 0 Å². The lowest BCUT2D eigenvalue weighted by atomic mass is 9.50. The fourth-order valence-corrected chi connectivity index (χ4v) is 3.27. The van der Waals surface area contributed by atoms with Gasteiger partial charge in [0.2, 0.25) is 0 Å². The van der Waals surface area contributed by atoms with Crippen molar-refractivity contribution in [1.82, 2.24) is 0 Å². The van der Waals surface area contributed by atoms with E-state index in [1.807, 2.05) is 0 Å². The summed E-state index contributed by atoms with van der Waals surface area (Å²) in [6.45, 7) is 1.05. The highest BCUT2D eigenvalue weighted by molar-refractivity contribution is 5.34. The molecule has 1 N–H and O–H groups in total. The minimum atomic E-state index is -0.833. The summed E-state index contributed by atoms with van der Waals surface area (Å²) in [5, 5.41) is 9.70. The molecule has 1 aliphatic carbocycles. The lowest BCUT2D eigenvalue weighted by molar-refractivity contribution is -0.173. The zero-order valence-corrected chi connectivity index (χ0v) is 10.1. The topological polar surface area (TPSA) is 29.5 Å². The van der Waals surface area contributed by atoms with Crippen molar-refractivity contribution in [2.75, 3.05) is 19.8 Å². The molecule has 0 bridgehead atoms. The van der Waals surface area contributed by atoms with Gasteiger partial charge in [-0.1, -0.05) is 12.5 Å². The molecule has 0 aromatic heterocycles. The Morgan fingerprint density at radius 3 is 2.28 bits per heavy atom. The SMILES string of the molecule is OCC1(C2(c3ccc(F)c(F)c3)COC2)CCC1. The summed E-state index contributed by atoms with van der Waals surface area (Å²) in [5.74, 6) is -1.66. The Morgan fingerprint density at radius 1 is 1.17 bits per heavy atom. The molecule has 0 atom stereocenters. The molecule has 0 radical (unpaired) electrons. The zero-order valence-electron chi connectivity index (χ0n) is 10.1. The Kier molecular flexibility index (Phi) is 2.68. The number of aliphatic hydroxyl groups excluding tert-OH is 1. The van der Waals surface area contributed by atoms with Crippen LogP contribution in [0.5, 0.6) is 0 Å². The van der Waals surface area contributed by atoms with Crippen LogP contribution in [0.25, 0.3) is 0 Å². The van der Waals surface area contributed by atoms with Crippen molar-refractivity contribution in [1.29, 1.82) is 0 Å². The molecule has 18 heavy (non-hydrogen) atoms. The third-order valence-corrected chi connectivity index (χ3v) is 4.80. The third kappa shape index (κ3) is 1.39. The molecule has 2 fully saturated rings. The molecule has 2 nitrogen and oxygen atoms in total. The molecule has 4 heteroatoms. The Morgan fingerprint density at radius 2 is 1.89 bits per heavy atom. The second kappa shape index (κ2) is 4.00. The Labute approximate surface area is 105 Å². The van der Waals surface area contributed by atoms with Gasteiger partial charge in [0, 0.05) is 17.4 Å². The fraction of sp³-hybridized carbons (Fsp3) is 0.571. The molecule has 1 aromatic carbocycles. The largest absolute Gasteiger partial charge is 0.396 e. The van der Waals surface area contributed by atoms with E-state index in [0.29, 0.717) is 13.2 Å². The van der Waals surface area contributed by atoms with Crippen LogP contribution in [0.4, 0.5) is 8.78 Å². The fourth-order valence-electron chi connectivity index (χ4n) is 3.27. The van der Waals surface area contributed by atoms with Crippen molar-refractivity contribution >= 4 is 0 Å². The van der Waals surface area contributed by atoms with Crippen LogP contribution in [0.1, 0.15) is 24.8 Å². The van der Waals surface area contributed by atoms with Gasteiger partial charge in [-0.15, -0.1) is 0 Å². The van der Waals surface area contributed by atoms with E-state index < -0.39 is 11.6 Å². The molecular weight excluding hydrogens is 238 g/mol. The van der Waals surface area contributed by atoms with Gasteiger partial charge in [-0.2, -0.15) is 0 Å². The highest BCUT2D eigenvalue weighted by atomic mass is 19.2. The molecule has 1 aromatic rings. The molecule has 1 saturated heterocycles. The van der Waals surface area contributed by atoms with Crippen LogP contribution in [0.15, 0.2) is 18.2 Å². The Balaban J connectivity index is 2.03. The van der Waals surface area contributed by atoms with E-state index in [9.17, 15) is 13.9 Å². The maximum absolute atomic E-state index is 13.4. The summed E-state index contributed by atoms with van der Waals surface area (Å²) >= 11 is 0. The summed E-state index contributed by atoms with van der Waals surface area (Å²) in [6.07, 6.45) is 2.92.